The Labute approximate surface area is 98.1 Å². The number of carbonyl (C=O) groups is 1. The number of amides is 1. The predicted octanol–water partition coefficient (Wildman–Crippen LogP) is 1.53. The molecule has 0 bridgehead atoms. The van der Waals surface area contributed by atoms with Crippen molar-refractivity contribution < 1.29 is 18.0 Å². The van der Waals surface area contributed by atoms with Crippen LogP contribution in [0.25, 0.3) is 0 Å². The molecule has 17 heavy (non-hydrogen) atoms. The van der Waals surface area contributed by atoms with Crippen molar-refractivity contribution in [3.63, 3.8) is 0 Å². The molecule has 2 rings (SSSR count). The molecule has 1 atom stereocenters. The van der Waals surface area contributed by atoms with E-state index >= 15 is 0 Å². The van der Waals surface area contributed by atoms with Crippen LogP contribution in [0.2, 0.25) is 0 Å². The van der Waals surface area contributed by atoms with E-state index in [2.05, 4.69) is 0 Å². The van der Waals surface area contributed by atoms with Gasteiger partial charge in [0.2, 0.25) is 5.91 Å². The zero-order chi connectivity index (χ0) is 12.7. The maximum absolute atomic E-state index is 12.9. The van der Waals surface area contributed by atoms with E-state index in [0.717, 1.165) is 6.42 Å². The van der Waals surface area contributed by atoms with Crippen LogP contribution in [0.3, 0.4) is 0 Å². The minimum absolute atomic E-state index is 0.0757. The van der Waals surface area contributed by atoms with Crippen molar-refractivity contribution in [2.45, 2.75) is 31.9 Å². The SMILES string of the molecule is NC(=O)CN1CC[C@H](C(F)(F)F)C2(CCC2)C1. The number of piperidine rings is 1. The number of nitrogens with zero attached hydrogens (tertiary/aromatic N) is 1. The van der Waals surface area contributed by atoms with Gasteiger partial charge >= 0.3 is 6.18 Å². The number of rotatable bonds is 2. The van der Waals surface area contributed by atoms with Gasteiger partial charge in [-0.1, -0.05) is 6.42 Å². The van der Waals surface area contributed by atoms with Crippen molar-refractivity contribution in [2.24, 2.45) is 17.1 Å². The lowest BCUT2D eigenvalue weighted by atomic mass is 9.58. The van der Waals surface area contributed by atoms with Crippen molar-refractivity contribution in [3.05, 3.63) is 0 Å². The molecule has 0 aromatic heterocycles. The van der Waals surface area contributed by atoms with Crippen LogP contribution in [0.4, 0.5) is 13.2 Å². The van der Waals surface area contributed by atoms with E-state index < -0.39 is 23.4 Å². The molecule has 2 aliphatic rings. The molecule has 2 fully saturated rings. The Morgan fingerprint density at radius 3 is 2.47 bits per heavy atom. The Hall–Kier alpha value is -0.780. The smallest absolute Gasteiger partial charge is 0.369 e. The van der Waals surface area contributed by atoms with Gasteiger partial charge in [-0.15, -0.1) is 0 Å². The number of hydrogen-bond donors (Lipinski definition) is 1. The summed E-state index contributed by atoms with van der Waals surface area (Å²) in [6.07, 6.45) is -1.92. The van der Waals surface area contributed by atoms with Crippen LogP contribution in [-0.2, 0) is 4.79 Å². The van der Waals surface area contributed by atoms with Gasteiger partial charge in [0.1, 0.15) is 0 Å². The Balaban J connectivity index is 2.07. The molecule has 1 heterocycles. The van der Waals surface area contributed by atoms with E-state index in [4.69, 9.17) is 5.73 Å². The summed E-state index contributed by atoms with van der Waals surface area (Å²) in [6, 6.07) is 0. The standard InChI is InChI=1S/C11H17F3N2O/c12-11(13,14)8-2-5-16(6-9(15)17)7-10(8)3-1-4-10/h8H,1-7H2,(H2,15,17)/t8-/m0/s1. The predicted molar refractivity (Wildman–Crippen MR) is 56.1 cm³/mol. The zero-order valence-corrected chi connectivity index (χ0v) is 9.59. The van der Waals surface area contributed by atoms with Gasteiger partial charge in [0.05, 0.1) is 12.5 Å². The Bertz CT molecular complexity index is 312. The third-order valence-electron chi connectivity index (χ3n) is 4.14. The highest BCUT2D eigenvalue weighted by atomic mass is 19.4. The summed E-state index contributed by atoms with van der Waals surface area (Å²) >= 11 is 0. The Morgan fingerprint density at radius 1 is 1.41 bits per heavy atom. The van der Waals surface area contributed by atoms with Crippen molar-refractivity contribution in [3.8, 4) is 0 Å². The second-order valence-electron chi connectivity index (χ2n) is 5.28. The highest BCUT2D eigenvalue weighted by Crippen LogP contribution is 2.56. The third-order valence-corrected chi connectivity index (χ3v) is 4.14. The molecule has 1 saturated heterocycles. The summed E-state index contributed by atoms with van der Waals surface area (Å²) in [7, 11) is 0. The molecule has 6 heteroatoms. The van der Waals surface area contributed by atoms with E-state index in [-0.39, 0.29) is 13.0 Å². The largest absolute Gasteiger partial charge is 0.392 e. The number of carbonyl (C=O) groups excluding carboxylic acids is 1. The van der Waals surface area contributed by atoms with E-state index in [1.165, 1.54) is 0 Å². The van der Waals surface area contributed by atoms with Gasteiger partial charge in [-0.2, -0.15) is 13.2 Å². The average Bonchev–Trinajstić information content (AvgIpc) is 2.12. The number of likely N-dealkylation sites (tertiary alicyclic amines) is 1. The molecular weight excluding hydrogens is 233 g/mol. The minimum Gasteiger partial charge on any atom is -0.369 e. The summed E-state index contributed by atoms with van der Waals surface area (Å²) in [5, 5.41) is 0. The molecule has 1 spiro atoms. The number of halogens is 3. The molecule has 0 aromatic carbocycles. The van der Waals surface area contributed by atoms with Crippen LogP contribution >= 0.6 is 0 Å². The van der Waals surface area contributed by atoms with E-state index in [0.29, 0.717) is 25.9 Å². The molecule has 0 unspecified atom stereocenters. The molecule has 3 nitrogen and oxygen atoms in total. The lowest BCUT2D eigenvalue weighted by Crippen LogP contribution is -2.57. The van der Waals surface area contributed by atoms with Gasteiger partial charge in [-0.05, 0) is 31.2 Å². The number of nitrogens with two attached hydrogens (primary N) is 1. The van der Waals surface area contributed by atoms with Crippen LogP contribution in [0.5, 0.6) is 0 Å². The lowest BCUT2D eigenvalue weighted by Gasteiger charge is -2.54. The van der Waals surface area contributed by atoms with Gasteiger partial charge in [0, 0.05) is 6.54 Å². The first-order valence-corrected chi connectivity index (χ1v) is 5.91. The molecule has 98 valence electrons. The Kier molecular flexibility index (Phi) is 3.10. The maximum atomic E-state index is 12.9. The molecule has 0 radical (unpaired) electrons. The Morgan fingerprint density at radius 2 is 2.06 bits per heavy atom. The molecule has 1 amide bonds. The fourth-order valence-corrected chi connectivity index (χ4v) is 3.26. The van der Waals surface area contributed by atoms with Crippen LogP contribution in [-0.4, -0.2) is 36.6 Å². The van der Waals surface area contributed by atoms with E-state index in [1.807, 2.05) is 0 Å². The second-order valence-corrected chi connectivity index (χ2v) is 5.28. The summed E-state index contributed by atoms with van der Waals surface area (Å²) in [4.78, 5) is 12.6. The lowest BCUT2D eigenvalue weighted by molar-refractivity contribution is -0.237. The van der Waals surface area contributed by atoms with Crippen LogP contribution in [0.15, 0.2) is 0 Å². The van der Waals surface area contributed by atoms with Gasteiger partial charge in [-0.3, -0.25) is 9.69 Å². The fourth-order valence-electron chi connectivity index (χ4n) is 3.26. The van der Waals surface area contributed by atoms with E-state index in [1.54, 1.807) is 4.90 Å². The van der Waals surface area contributed by atoms with Crippen LogP contribution in [0.1, 0.15) is 25.7 Å². The summed E-state index contributed by atoms with van der Waals surface area (Å²) in [5.41, 5.74) is 4.44. The third kappa shape index (κ3) is 2.41. The average molecular weight is 250 g/mol. The normalized spacial score (nSPS) is 29.0. The molecule has 2 N–H and O–H groups in total. The summed E-state index contributed by atoms with van der Waals surface area (Å²) in [5.74, 6) is -1.67. The van der Waals surface area contributed by atoms with Crippen molar-refractivity contribution in [1.82, 2.24) is 4.90 Å². The second kappa shape index (κ2) is 4.15. The van der Waals surface area contributed by atoms with Crippen LogP contribution < -0.4 is 5.73 Å². The summed E-state index contributed by atoms with van der Waals surface area (Å²) < 4.78 is 38.8. The zero-order valence-electron chi connectivity index (χ0n) is 9.59. The maximum Gasteiger partial charge on any atom is 0.392 e. The topological polar surface area (TPSA) is 46.3 Å². The van der Waals surface area contributed by atoms with Gasteiger partial charge in [0.15, 0.2) is 0 Å². The van der Waals surface area contributed by atoms with Gasteiger partial charge in [0.25, 0.3) is 0 Å². The van der Waals surface area contributed by atoms with E-state index in [9.17, 15) is 18.0 Å². The van der Waals surface area contributed by atoms with Crippen molar-refractivity contribution in [2.75, 3.05) is 19.6 Å². The van der Waals surface area contributed by atoms with Crippen molar-refractivity contribution in [1.29, 1.82) is 0 Å². The molecular formula is C11H17F3N2O. The highest BCUT2D eigenvalue weighted by Gasteiger charge is 2.57. The number of primary amides is 1. The monoisotopic (exact) mass is 250 g/mol. The molecule has 1 aliphatic carbocycles. The molecule has 0 aromatic rings. The van der Waals surface area contributed by atoms with Crippen molar-refractivity contribution >= 4 is 5.91 Å². The number of alkyl halides is 3. The first-order valence-electron chi connectivity index (χ1n) is 5.91. The fraction of sp³-hybridized carbons (Fsp3) is 0.909. The quantitative estimate of drug-likeness (QED) is 0.807. The molecule has 1 aliphatic heterocycles. The van der Waals surface area contributed by atoms with Gasteiger partial charge in [-0.25, -0.2) is 0 Å². The van der Waals surface area contributed by atoms with Crippen LogP contribution in [0, 0.1) is 11.3 Å². The first-order chi connectivity index (χ1) is 7.83. The minimum atomic E-state index is -4.11. The van der Waals surface area contributed by atoms with Gasteiger partial charge < -0.3 is 5.73 Å². The number of hydrogen-bond acceptors (Lipinski definition) is 2. The molecule has 1 saturated carbocycles. The summed E-state index contributed by atoms with van der Waals surface area (Å²) in [6.45, 7) is 0.751. The first kappa shape index (κ1) is 12.7. The highest BCUT2D eigenvalue weighted by molar-refractivity contribution is 5.75.